The fourth-order valence-electron chi connectivity index (χ4n) is 3.09. The van der Waals surface area contributed by atoms with Gasteiger partial charge in [-0.15, -0.1) is 0 Å². The second-order valence-electron chi connectivity index (χ2n) is 6.32. The van der Waals surface area contributed by atoms with Gasteiger partial charge < -0.3 is 20.1 Å². The summed E-state index contributed by atoms with van der Waals surface area (Å²) in [5, 5.41) is 6.74. The number of nitrogens with zero attached hydrogens (tertiary/aromatic N) is 1. The minimum atomic E-state index is 0.806. The molecule has 2 aromatic carbocycles. The zero-order valence-corrected chi connectivity index (χ0v) is 15.5. The van der Waals surface area contributed by atoms with Crippen molar-refractivity contribution in [2.24, 2.45) is 4.99 Å². The number of nitrogens with one attached hydrogen (secondary N) is 2. The third kappa shape index (κ3) is 4.91. The molecule has 0 aromatic heterocycles. The van der Waals surface area contributed by atoms with Crippen LogP contribution in [0.2, 0.25) is 0 Å². The number of aliphatic imine (C=N–C) groups is 1. The van der Waals surface area contributed by atoms with Crippen LogP contribution in [0.15, 0.2) is 47.5 Å². The molecule has 1 aliphatic heterocycles. The van der Waals surface area contributed by atoms with E-state index in [1.807, 2.05) is 12.1 Å². The molecule has 2 N–H and O–H groups in total. The molecule has 0 saturated carbocycles. The molecule has 0 amide bonds. The summed E-state index contributed by atoms with van der Waals surface area (Å²) in [5.41, 5.74) is 3.89. The number of hydrogen-bond donors (Lipinski definition) is 2. The molecule has 5 heteroatoms. The van der Waals surface area contributed by atoms with Crippen LogP contribution in [0, 0.1) is 0 Å². The first-order chi connectivity index (χ1) is 12.8. The number of benzene rings is 2. The highest BCUT2D eigenvalue weighted by molar-refractivity contribution is 5.79. The van der Waals surface area contributed by atoms with Crippen molar-refractivity contribution in [1.29, 1.82) is 0 Å². The Kier molecular flexibility index (Phi) is 6.36. The zero-order valence-electron chi connectivity index (χ0n) is 15.5. The minimum absolute atomic E-state index is 0.806. The van der Waals surface area contributed by atoms with Gasteiger partial charge in [-0.25, -0.2) is 0 Å². The Labute approximate surface area is 155 Å². The lowest BCUT2D eigenvalue weighted by Crippen LogP contribution is -2.39. The molecule has 0 bridgehead atoms. The normalized spacial score (nSPS) is 13.1. The van der Waals surface area contributed by atoms with E-state index in [4.69, 9.17) is 9.47 Å². The molecular formula is C21H27N3O2. The van der Waals surface area contributed by atoms with E-state index in [-0.39, 0.29) is 0 Å². The van der Waals surface area contributed by atoms with Crippen LogP contribution in [0.1, 0.15) is 16.7 Å². The Balaban J connectivity index is 1.40. The molecular weight excluding hydrogens is 326 g/mol. The van der Waals surface area contributed by atoms with Crippen LogP contribution in [-0.2, 0) is 19.3 Å². The molecule has 0 unspecified atom stereocenters. The highest BCUT2D eigenvalue weighted by atomic mass is 16.5. The van der Waals surface area contributed by atoms with Gasteiger partial charge in [0.05, 0.1) is 13.7 Å². The second-order valence-corrected chi connectivity index (χ2v) is 6.32. The van der Waals surface area contributed by atoms with Crippen LogP contribution in [0.25, 0.3) is 0 Å². The standard InChI is InChI=1S/C21H27N3O2/c1-22-21(23-11-8-16-4-3-5-19(15-16)25-2)24-12-9-17-6-7-20-18(14-17)10-13-26-20/h3-7,14-15H,8-13H2,1-2H3,(H2,22,23,24). The Morgan fingerprint density at radius 2 is 1.85 bits per heavy atom. The van der Waals surface area contributed by atoms with Crippen molar-refractivity contribution in [3.05, 3.63) is 59.2 Å². The predicted molar refractivity (Wildman–Crippen MR) is 105 cm³/mol. The molecule has 2 aromatic rings. The van der Waals surface area contributed by atoms with Crippen LogP contribution < -0.4 is 20.1 Å². The third-order valence-corrected chi connectivity index (χ3v) is 4.52. The smallest absolute Gasteiger partial charge is 0.190 e. The van der Waals surface area contributed by atoms with Gasteiger partial charge in [0.15, 0.2) is 5.96 Å². The van der Waals surface area contributed by atoms with Crippen molar-refractivity contribution in [2.45, 2.75) is 19.3 Å². The molecule has 0 spiro atoms. The predicted octanol–water partition coefficient (Wildman–Crippen LogP) is 2.58. The third-order valence-electron chi connectivity index (χ3n) is 4.52. The Hall–Kier alpha value is -2.69. The zero-order chi connectivity index (χ0) is 18.2. The molecule has 0 radical (unpaired) electrons. The lowest BCUT2D eigenvalue weighted by molar-refractivity contribution is 0.357. The number of methoxy groups -OCH3 is 1. The molecule has 26 heavy (non-hydrogen) atoms. The van der Waals surface area contributed by atoms with Gasteiger partial charge in [0.2, 0.25) is 0 Å². The van der Waals surface area contributed by atoms with Crippen molar-refractivity contribution in [2.75, 3.05) is 33.9 Å². The first-order valence-corrected chi connectivity index (χ1v) is 9.10. The quantitative estimate of drug-likeness (QED) is 0.593. The maximum atomic E-state index is 5.56. The molecule has 3 rings (SSSR count). The lowest BCUT2D eigenvalue weighted by Gasteiger charge is -2.12. The molecule has 1 aliphatic rings. The fourth-order valence-corrected chi connectivity index (χ4v) is 3.09. The van der Waals surface area contributed by atoms with Gasteiger partial charge in [-0.2, -0.15) is 0 Å². The molecule has 5 nitrogen and oxygen atoms in total. The largest absolute Gasteiger partial charge is 0.497 e. The van der Waals surface area contributed by atoms with Crippen LogP contribution in [0.4, 0.5) is 0 Å². The van der Waals surface area contributed by atoms with Gasteiger partial charge in [0, 0.05) is 26.6 Å². The number of hydrogen-bond acceptors (Lipinski definition) is 3. The summed E-state index contributed by atoms with van der Waals surface area (Å²) in [5.74, 6) is 2.76. The van der Waals surface area contributed by atoms with Gasteiger partial charge in [-0.05, 0) is 47.7 Å². The molecule has 0 aliphatic carbocycles. The van der Waals surface area contributed by atoms with Crippen LogP contribution in [0.5, 0.6) is 11.5 Å². The monoisotopic (exact) mass is 353 g/mol. The van der Waals surface area contributed by atoms with Crippen LogP contribution in [0.3, 0.4) is 0 Å². The first kappa shape index (κ1) is 18.1. The van der Waals surface area contributed by atoms with E-state index in [1.165, 1.54) is 16.7 Å². The molecule has 1 heterocycles. The van der Waals surface area contributed by atoms with Crippen molar-refractivity contribution >= 4 is 5.96 Å². The summed E-state index contributed by atoms with van der Waals surface area (Å²) in [6, 6.07) is 14.6. The summed E-state index contributed by atoms with van der Waals surface area (Å²) in [7, 11) is 3.49. The molecule has 0 atom stereocenters. The van der Waals surface area contributed by atoms with E-state index in [0.717, 1.165) is 56.4 Å². The van der Waals surface area contributed by atoms with E-state index in [9.17, 15) is 0 Å². The Bertz CT molecular complexity index is 759. The SMILES string of the molecule is CN=C(NCCc1cccc(OC)c1)NCCc1ccc2c(c1)CCO2. The Morgan fingerprint density at radius 3 is 2.58 bits per heavy atom. The van der Waals surface area contributed by atoms with Crippen molar-refractivity contribution in [1.82, 2.24) is 10.6 Å². The first-order valence-electron chi connectivity index (χ1n) is 9.10. The van der Waals surface area contributed by atoms with Gasteiger partial charge in [0.1, 0.15) is 11.5 Å². The number of fused-ring (bicyclic) bond motifs is 1. The highest BCUT2D eigenvalue weighted by Crippen LogP contribution is 2.25. The van der Waals surface area contributed by atoms with Gasteiger partial charge >= 0.3 is 0 Å². The van der Waals surface area contributed by atoms with Gasteiger partial charge in [-0.1, -0.05) is 24.3 Å². The summed E-state index contributed by atoms with van der Waals surface area (Å²) < 4.78 is 10.8. The van der Waals surface area contributed by atoms with E-state index in [2.05, 4.69) is 46.0 Å². The van der Waals surface area contributed by atoms with Crippen molar-refractivity contribution < 1.29 is 9.47 Å². The van der Waals surface area contributed by atoms with Crippen molar-refractivity contribution in [3.8, 4) is 11.5 Å². The molecule has 0 fully saturated rings. The average molecular weight is 353 g/mol. The topological polar surface area (TPSA) is 54.9 Å². The summed E-state index contributed by atoms with van der Waals surface area (Å²) in [6.07, 6.45) is 2.90. The number of guanidine groups is 1. The van der Waals surface area contributed by atoms with E-state index in [0.29, 0.717) is 0 Å². The summed E-state index contributed by atoms with van der Waals surface area (Å²) in [4.78, 5) is 4.29. The maximum absolute atomic E-state index is 5.56. The number of rotatable bonds is 7. The number of ether oxygens (including phenoxy) is 2. The molecule has 0 saturated heterocycles. The van der Waals surface area contributed by atoms with E-state index in [1.54, 1.807) is 14.2 Å². The molecule has 138 valence electrons. The van der Waals surface area contributed by atoms with Crippen LogP contribution >= 0.6 is 0 Å². The second kappa shape index (κ2) is 9.13. The Morgan fingerprint density at radius 1 is 1.08 bits per heavy atom. The average Bonchev–Trinajstić information content (AvgIpc) is 3.15. The summed E-state index contributed by atoms with van der Waals surface area (Å²) in [6.45, 7) is 2.47. The maximum Gasteiger partial charge on any atom is 0.190 e. The van der Waals surface area contributed by atoms with Gasteiger partial charge in [-0.3, -0.25) is 4.99 Å². The lowest BCUT2D eigenvalue weighted by atomic mass is 10.1. The minimum Gasteiger partial charge on any atom is -0.497 e. The van der Waals surface area contributed by atoms with Crippen LogP contribution in [-0.4, -0.2) is 39.8 Å². The van der Waals surface area contributed by atoms with E-state index < -0.39 is 0 Å². The highest BCUT2D eigenvalue weighted by Gasteiger charge is 2.11. The fraction of sp³-hybridized carbons (Fsp3) is 0.381. The van der Waals surface area contributed by atoms with Gasteiger partial charge in [0.25, 0.3) is 0 Å². The summed E-state index contributed by atoms with van der Waals surface area (Å²) >= 11 is 0. The van der Waals surface area contributed by atoms with Crippen molar-refractivity contribution in [3.63, 3.8) is 0 Å². The van der Waals surface area contributed by atoms with E-state index >= 15 is 0 Å².